The molecule has 1 amide bonds. The molecular formula is C16H25BrN2O2. The van der Waals surface area contributed by atoms with Gasteiger partial charge in [-0.3, -0.25) is 4.79 Å². The quantitative estimate of drug-likeness (QED) is 0.700. The molecule has 0 spiro atoms. The summed E-state index contributed by atoms with van der Waals surface area (Å²) < 4.78 is 6.22. The van der Waals surface area contributed by atoms with E-state index in [0.717, 1.165) is 49.1 Å². The van der Waals surface area contributed by atoms with Crippen LogP contribution in [0.15, 0.2) is 22.7 Å². The van der Waals surface area contributed by atoms with Crippen molar-refractivity contribution < 1.29 is 9.53 Å². The molecule has 0 atom stereocenters. The van der Waals surface area contributed by atoms with E-state index in [2.05, 4.69) is 39.9 Å². The zero-order chi connectivity index (χ0) is 15.7. The van der Waals surface area contributed by atoms with Crippen LogP contribution < -0.4 is 10.5 Å². The van der Waals surface area contributed by atoms with Crippen molar-refractivity contribution in [3.63, 3.8) is 0 Å². The minimum Gasteiger partial charge on any atom is -0.496 e. The van der Waals surface area contributed by atoms with Crippen LogP contribution in [0.4, 0.5) is 0 Å². The molecule has 0 radical (unpaired) electrons. The molecule has 21 heavy (non-hydrogen) atoms. The Labute approximate surface area is 135 Å². The number of carbonyl (C=O) groups is 1. The van der Waals surface area contributed by atoms with Crippen LogP contribution in [-0.4, -0.2) is 37.6 Å². The molecule has 0 aromatic heterocycles. The van der Waals surface area contributed by atoms with Crippen molar-refractivity contribution in [3.8, 4) is 5.75 Å². The highest BCUT2D eigenvalue weighted by molar-refractivity contribution is 9.10. The molecule has 0 unspecified atom stereocenters. The van der Waals surface area contributed by atoms with E-state index in [1.165, 1.54) is 5.56 Å². The van der Waals surface area contributed by atoms with Crippen LogP contribution >= 0.6 is 15.9 Å². The van der Waals surface area contributed by atoms with Crippen molar-refractivity contribution in [2.24, 2.45) is 5.73 Å². The fraction of sp³-hybridized carbons (Fsp3) is 0.562. The second-order valence-electron chi connectivity index (χ2n) is 5.13. The van der Waals surface area contributed by atoms with E-state index in [9.17, 15) is 4.79 Å². The number of nitrogens with two attached hydrogens (primary N) is 1. The predicted octanol–water partition coefficient (Wildman–Crippen LogP) is 2.98. The number of hydrogen-bond acceptors (Lipinski definition) is 3. The maximum atomic E-state index is 10.8. The molecule has 1 aromatic rings. The van der Waals surface area contributed by atoms with E-state index < -0.39 is 0 Å². The summed E-state index contributed by atoms with van der Waals surface area (Å²) in [7, 11) is 1.67. The summed E-state index contributed by atoms with van der Waals surface area (Å²) in [6, 6.07) is 6.18. The van der Waals surface area contributed by atoms with Gasteiger partial charge in [-0.25, -0.2) is 0 Å². The molecule has 0 bridgehead atoms. The molecule has 2 N–H and O–H groups in total. The zero-order valence-corrected chi connectivity index (χ0v) is 14.5. The average molecular weight is 357 g/mol. The summed E-state index contributed by atoms with van der Waals surface area (Å²) in [6.07, 6.45) is 3.40. The Hall–Kier alpha value is -1.07. The van der Waals surface area contributed by atoms with E-state index in [1.54, 1.807) is 7.11 Å². The number of hydrogen-bond donors (Lipinski definition) is 1. The summed E-state index contributed by atoms with van der Waals surface area (Å²) >= 11 is 3.51. The van der Waals surface area contributed by atoms with Crippen molar-refractivity contribution in [2.75, 3.05) is 26.7 Å². The minimum absolute atomic E-state index is 0.217. The highest BCUT2D eigenvalue weighted by Crippen LogP contribution is 2.25. The van der Waals surface area contributed by atoms with Gasteiger partial charge in [-0.2, -0.15) is 0 Å². The van der Waals surface area contributed by atoms with Crippen molar-refractivity contribution in [2.45, 2.75) is 32.6 Å². The fourth-order valence-corrected chi connectivity index (χ4v) is 2.87. The molecule has 0 aliphatic rings. The first-order chi connectivity index (χ1) is 10.1. The second kappa shape index (κ2) is 9.79. The molecule has 118 valence electrons. The number of carbonyl (C=O) groups excluding carboxylic acids is 1. The normalized spacial score (nSPS) is 10.9. The van der Waals surface area contributed by atoms with Gasteiger partial charge in [0.1, 0.15) is 5.75 Å². The van der Waals surface area contributed by atoms with Crippen LogP contribution in [0.2, 0.25) is 0 Å². The molecule has 0 fully saturated rings. The highest BCUT2D eigenvalue weighted by atomic mass is 79.9. The lowest BCUT2D eigenvalue weighted by Gasteiger charge is -2.21. The van der Waals surface area contributed by atoms with Crippen LogP contribution in [-0.2, 0) is 11.2 Å². The van der Waals surface area contributed by atoms with Crippen molar-refractivity contribution >= 4 is 21.8 Å². The summed E-state index contributed by atoms with van der Waals surface area (Å²) in [5.41, 5.74) is 6.46. The molecule has 0 heterocycles. The van der Waals surface area contributed by atoms with Crippen LogP contribution in [0.1, 0.15) is 31.7 Å². The molecule has 1 rings (SSSR count). The SMILES string of the molecule is CCCN(CCCC(N)=O)CCc1ccc(OC)c(Br)c1. The van der Waals surface area contributed by atoms with Crippen molar-refractivity contribution in [3.05, 3.63) is 28.2 Å². The lowest BCUT2D eigenvalue weighted by molar-refractivity contribution is -0.118. The number of primary amides is 1. The van der Waals surface area contributed by atoms with Crippen LogP contribution in [0.5, 0.6) is 5.75 Å². The molecule has 4 nitrogen and oxygen atoms in total. The molecule has 0 saturated carbocycles. The van der Waals surface area contributed by atoms with E-state index in [1.807, 2.05) is 6.07 Å². The van der Waals surface area contributed by atoms with Gasteiger partial charge in [-0.1, -0.05) is 13.0 Å². The van der Waals surface area contributed by atoms with Crippen molar-refractivity contribution in [1.29, 1.82) is 0 Å². The summed E-state index contributed by atoms with van der Waals surface area (Å²) in [4.78, 5) is 13.2. The number of rotatable bonds is 10. The number of nitrogens with zero attached hydrogens (tertiary/aromatic N) is 1. The van der Waals surface area contributed by atoms with Gasteiger partial charge in [-0.05, 0) is 66.0 Å². The fourth-order valence-electron chi connectivity index (χ4n) is 2.28. The van der Waals surface area contributed by atoms with E-state index in [4.69, 9.17) is 10.5 Å². The number of halogens is 1. The van der Waals surface area contributed by atoms with Gasteiger partial charge >= 0.3 is 0 Å². The third-order valence-electron chi connectivity index (χ3n) is 3.37. The highest BCUT2D eigenvalue weighted by Gasteiger charge is 2.07. The summed E-state index contributed by atoms with van der Waals surface area (Å²) in [5, 5.41) is 0. The first-order valence-corrected chi connectivity index (χ1v) is 8.19. The summed E-state index contributed by atoms with van der Waals surface area (Å²) in [5.74, 6) is 0.635. The molecule has 1 aromatic carbocycles. The van der Waals surface area contributed by atoms with E-state index >= 15 is 0 Å². The molecule has 0 saturated heterocycles. The van der Waals surface area contributed by atoms with Crippen LogP contribution in [0, 0.1) is 0 Å². The van der Waals surface area contributed by atoms with Gasteiger partial charge in [0.25, 0.3) is 0 Å². The van der Waals surface area contributed by atoms with E-state index in [-0.39, 0.29) is 5.91 Å². The van der Waals surface area contributed by atoms with Gasteiger partial charge in [0.05, 0.1) is 11.6 Å². The average Bonchev–Trinajstić information content (AvgIpc) is 2.44. The lowest BCUT2D eigenvalue weighted by Crippen LogP contribution is -2.29. The topological polar surface area (TPSA) is 55.6 Å². The Morgan fingerprint density at radius 2 is 2.10 bits per heavy atom. The first kappa shape index (κ1) is 18.0. The summed E-state index contributed by atoms with van der Waals surface area (Å²) in [6.45, 7) is 5.14. The predicted molar refractivity (Wildman–Crippen MR) is 89.6 cm³/mol. The van der Waals surface area contributed by atoms with Crippen LogP contribution in [0.3, 0.4) is 0 Å². The Morgan fingerprint density at radius 3 is 2.67 bits per heavy atom. The Balaban J connectivity index is 2.48. The van der Waals surface area contributed by atoms with Gasteiger partial charge in [0.15, 0.2) is 0 Å². The maximum Gasteiger partial charge on any atom is 0.217 e. The lowest BCUT2D eigenvalue weighted by atomic mass is 10.1. The second-order valence-corrected chi connectivity index (χ2v) is 5.98. The standard InChI is InChI=1S/C16H25BrN2O2/c1-3-9-19(10-4-5-16(18)20)11-8-13-6-7-15(21-2)14(17)12-13/h6-7,12H,3-5,8-11H2,1-2H3,(H2,18,20). The third kappa shape index (κ3) is 6.96. The number of ether oxygens (including phenoxy) is 1. The van der Waals surface area contributed by atoms with Gasteiger partial charge in [0, 0.05) is 13.0 Å². The van der Waals surface area contributed by atoms with Crippen LogP contribution in [0.25, 0.3) is 0 Å². The largest absolute Gasteiger partial charge is 0.496 e. The molecule has 5 heteroatoms. The number of benzene rings is 1. The van der Waals surface area contributed by atoms with Gasteiger partial charge in [-0.15, -0.1) is 0 Å². The van der Waals surface area contributed by atoms with Gasteiger partial charge in [0.2, 0.25) is 5.91 Å². The molecular weight excluding hydrogens is 332 g/mol. The Bertz CT molecular complexity index is 452. The zero-order valence-electron chi connectivity index (χ0n) is 12.9. The number of methoxy groups -OCH3 is 1. The maximum absolute atomic E-state index is 10.8. The Morgan fingerprint density at radius 1 is 1.33 bits per heavy atom. The minimum atomic E-state index is -0.217. The monoisotopic (exact) mass is 356 g/mol. The Kier molecular flexibility index (Phi) is 8.38. The smallest absolute Gasteiger partial charge is 0.217 e. The van der Waals surface area contributed by atoms with Crippen molar-refractivity contribution in [1.82, 2.24) is 4.90 Å². The number of amides is 1. The first-order valence-electron chi connectivity index (χ1n) is 7.40. The van der Waals surface area contributed by atoms with E-state index in [0.29, 0.717) is 6.42 Å². The molecule has 0 aliphatic carbocycles. The molecule has 0 aliphatic heterocycles. The third-order valence-corrected chi connectivity index (χ3v) is 3.99. The van der Waals surface area contributed by atoms with Gasteiger partial charge < -0.3 is 15.4 Å².